The van der Waals surface area contributed by atoms with Gasteiger partial charge in [-0.15, -0.1) is 0 Å². The fourth-order valence-corrected chi connectivity index (χ4v) is 4.93. The lowest BCUT2D eigenvalue weighted by molar-refractivity contribution is -0.132. The lowest BCUT2D eigenvalue weighted by Gasteiger charge is -2.40. The molecule has 1 fully saturated rings. The van der Waals surface area contributed by atoms with Gasteiger partial charge in [0.25, 0.3) is 0 Å². The Morgan fingerprint density at radius 3 is 2.75 bits per heavy atom. The lowest BCUT2D eigenvalue weighted by Crippen LogP contribution is -2.55. The van der Waals surface area contributed by atoms with Gasteiger partial charge in [-0.2, -0.15) is 0 Å². The molecule has 32 heavy (non-hydrogen) atoms. The number of carbonyl (C=O) groups is 1. The highest BCUT2D eigenvalue weighted by Crippen LogP contribution is 2.40. The molecule has 0 radical (unpaired) electrons. The molecule has 4 rings (SSSR count). The van der Waals surface area contributed by atoms with Crippen molar-refractivity contribution in [3.05, 3.63) is 63.9 Å². The van der Waals surface area contributed by atoms with Crippen molar-refractivity contribution in [3.63, 3.8) is 0 Å². The first-order valence-corrected chi connectivity index (χ1v) is 11.0. The number of carbonyl (C=O) groups excluding carboxylic acids is 1. The molecule has 6 nitrogen and oxygen atoms in total. The van der Waals surface area contributed by atoms with Crippen molar-refractivity contribution in [2.45, 2.75) is 44.2 Å². The van der Waals surface area contributed by atoms with Crippen LogP contribution in [0.5, 0.6) is 5.75 Å². The summed E-state index contributed by atoms with van der Waals surface area (Å²) >= 11 is 6.80. The predicted molar refractivity (Wildman–Crippen MR) is 121 cm³/mol. The summed E-state index contributed by atoms with van der Waals surface area (Å²) in [5.41, 5.74) is 7.68. The third-order valence-electron chi connectivity index (χ3n) is 6.15. The van der Waals surface area contributed by atoms with E-state index in [1.54, 1.807) is 11.0 Å². The molecule has 0 aromatic heterocycles. The molecule has 0 spiro atoms. The van der Waals surface area contributed by atoms with Gasteiger partial charge in [-0.05, 0) is 55.0 Å². The van der Waals surface area contributed by atoms with Gasteiger partial charge in [0.2, 0.25) is 5.91 Å². The standard InChI is InChI=1S/C24H27ClFN3O3/c1-24(14-21(30)29(23(27)28-24)18-6-8-32-9-7-18)20-5-3-4-16(22(20)25)10-15-11-17(26)13-19(12-15)31-2/h3-5,11-13,18H,6-10,14H2,1-2H3,(H2,27,28)/t24-/m0/s1. The summed E-state index contributed by atoms with van der Waals surface area (Å²) in [5.74, 6) is 0.222. The third-order valence-corrected chi connectivity index (χ3v) is 6.59. The van der Waals surface area contributed by atoms with Gasteiger partial charge in [-0.1, -0.05) is 29.8 Å². The van der Waals surface area contributed by atoms with Crippen LogP contribution in [-0.4, -0.2) is 43.1 Å². The van der Waals surface area contributed by atoms with Crippen molar-refractivity contribution in [3.8, 4) is 5.75 Å². The van der Waals surface area contributed by atoms with Crippen LogP contribution in [0.2, 0.25) is 5.02 Å². The van der Waals surface area contributed by atoms with Crippen LogP contribution in [0.15, 0.2) is 41.4 Å². The van der Waals surface area contributed by atoms with Crippen LogP contribution in [0.25, 0.3) is 0 Å². The molecule has 2 aliphatic rings. The summed E-state index contributed by atoms with van der Waals surface area (Å²) in [6.07, 6.45) is 2.07. The van der Waals surface area contributed by atoms with Crippen LogP contribution < -0.4 is 10.5 Å². The number of nitrogens with zero attached hydrogens (tertiary/aromatic N) is 2. The van der Waals surface area contributed by atoms with Crippen LogP contribution in [0.4, 0.5) is 4.39 Å². The molecule has 2 aromatic carbocycles. The zero-order valence-electron chi connectivity index (χ0n) is 18.2. The quantitative estimate of drug-likeness (QED) is 0.732. The summed E-state index contributed by atoms with van der Waals surface area (Å²) in [7, 11) is 1.50. The molecule has 170 valence electrons. The van der Waals surface area contributed by atoms with Crippen molar-refractivity contribution in [1.82, 2.24) is 4.90 Å². The van der Waals surface area contributed by atoms with E-state index in [4.69, 9.17) is 31.8 Å². The molecule has 0 aliphatic carbocycles. The minimum Gasteiger partial charge on any atom is -0.497 e. The molecule has 1 amide bonds. The zero-order chi connectivity index (χ0) is 22.9. The first-order chi connectivity index (χ1) is 15.3. The number of guanidine groups is 1. The second-order valence-electron chi connectivity index (χ2n) is 8.48. The molecule has 8 heteroatoms. The first kappa shape index (κ1) is 22.6. The summed E-state index contributed by atoms with van der Waals surface area (Å²) < 4.78 is 24.5. The fourth-order valence-electron chi connectivity index (χ4n) is 4.54. The number of halogens is 2. The Morgan fingerprint density at radius 2 is 2.06 bits per heavy atom. The highest BCUT2D eigenvalue weighted by molar-refractivity contribution is 6.32. The summed E-state index contributed by atoms with van der Waals surface area (Å²) in [4.78, 5) is 19.5. The summed E-state index contributed by atoms with van der Waals surface area (Å²) in [6, 6.07) is 10.2. The Bertz CT molecular complexity index is 1050. The summed E-state index contributed by atoms with van der Waals surface area (Å²) in [6.45, 7) is 3.09. The zero-order valence-corrected chi connectivity index (χ0v) is 19.0. The molecular weight excluding hydrogens is 433 g/mol. The monoisotopic (exact) mass is 459 g/mol. The van der Waals surface area contributed by atoms with E-state index in [1.807, 2.05) is 25.1 Å². The van der Waals surface area contributed by atoms with Crippen LogP contribution in [0, 0.1) is 5.82 Å². The Morgan fingerprint density at radius 1 is 1.31 bits per heavy atom. The normalized spacial score (nSPS) is 22.1. The van der Waals surface area contributed by atoms with E-state index in [0.717, 1.165) is 29.5 Å². The second kappa shape index (κ2) is 9.08. The fraction of sp³-hybridized carbons (Fsp3) is 0.417. The predicted octanol–water partition coefficient (Wildman–Crippen LogP) is 4.02. The average molecular weight is 460 g/mol. The van der Waals surface area contributed by atoms with Gasteiger partial charge in [0.05, 0.1) is 19.1 Å². The van der Waals surface area contributed by atoms with E-state index >= 15 is 0 Å². The smallest absolute Gasteiger partial charge is 0.232 e. The lowest BCUT2D eigenvalue weighted by atomic mass is 9.85. The Balaban J connectivity index is 1.65. The van der Waals surface area contributed by atoms with Gasteiger partial charge >= 0.3 is 0 Å². The molecule has 2 N–H and O–H groups in total. The van der Waals surface area contributed by atoms with Crippen LogP contribution in [-0.2, 0) is 21.5 Å². The van der Waals surface area contributed by atoms with Crippen molar-refractivity contribution in [2.24, 2.45) is 10.7 Å². The van der Waals surface area contributed by atoms with Crippen molar-refractivity contribution in [2.75, 3.05) is 20.3 Å². The van der Waals surface area contributed by atoms with Crippen LogP contribution >= 0.6 is 11.6 Å². The maximum Gasteiger partial charge on any atom is 0.232 e. The van der Waals surface area contributed by atoms with E-state index < -0.39 is 5.54 Å². The number of rotatable bonds is 5. The average Bonchev–Trinajstić information content (AvgIpc) is 2.75. The molecule has 0 bridgehead atoms. The molecule has 2 aliphatic heterocycles. The van der Waals surface area contributed by atoms with Gasteiger partial charge in [-0.25, -0.2) is 9.38 Å². The van der Waals surface area contributed by atoms with Crippen molar-refractivity contribution in [1.29, 1.82) is 0 Å². The number of hydrogen-bond acceptors (Lipinski definition) is 5. The Kier molecular flexibility index (Phi) is 6.40. The van der Waals surface area contributed by atoms with E-state index in [2.05, 4.69) is 0 Å². The van der Waals surface area contributed by atoms with E-state index in [0.29, 0.717) is 30.4 Å². The Labute approximate surface area is 192 Å². The van der Waals surface area contributed by atoms with Crippen molar-refractivity contribution < 1.29 is 18.7 Å². The molecule has 1 saturated heterocycles. The summed E-state index contributed by atoms with van der Waals surface area (Å²) in [5, 5.41) is 0.502. The van der Waals surface area contributed by atoms with E-state index in [9.17, 15) is 9.18 Å². The minimum absolute atomic E-state index is 0.00862. The molecular formula is C24H27ClFN3O3. The number of hydrogen-bond donors (Lipinski definition) is 1. The van der Waals surface area contributed by atoms with Gasteiger partial charge in [0.15, 0.2) is 5.96 Å². The topological polar surface area (TPSA) is 77.1 Å². The number of benzene rings is 2. The van der Waals surface area contributed by atoms with E-state index in [1.165, 1.54) is 19.2 Å². The van der Waals surface area contributed by atoms with Crippen molar-refractivity contribution >= 4 is 23.5 Å². The molecule has 0 unspecified atom stereocenters. The molecule has 2 aromatic rings. The maximum atomic E-state index is 13.9. The number of ether oxygens (including phenoxy) is 2. The highest BCUT2D eigenvalue weighted by Gasteiger charge is 2.41. The first-order valence-electron chi connectivity index (χ1n) is 10.7. The minimum atomic E-state index is -0.879. The number of aliphatic imine (C=N–C) groups is 1. The van der Waals surface area contributed by atoms with Gasteiger partial charge in [0, 0.05) is 30.3 Å². The third kappa shape index (κ3) is 4.45. The van der Waals surface area contributed by atoms with Gasteiger partial charge in [0.1, 0.15) is 11.6 Å². The van der Waals surface area contributed by atoms with Gasteiger partial charge in [-0.3, -0.25) is 9.69 Å². The Hall–Kier alpha value is -2.64. The van der Waals surface area contributed by atoms with Crippen LogP contribution in [0.1, 0.15) is 42.9 Å². The number of nitrogens with two attached hydrogens (primary N) is 1. The largest absolute Gasteiger partial charge is 0.497 e. The molecule has 0 saturated carbocycles. The van der Waals surface area contributed by atoms with Gasteiger partial charge < -0.3 is 15.2 Å². The van der Waals surface area contributed by atoms with Crippen LogP contribution in [0.3, 0.4) is 0 Å². The number of amides is 1. The second-order valence-corrected chi connectivity index (χ2v) is 8.86. The molecule has 2 heterocycles. The van der Waals surface area contributed by atoms with E-state index in [-0.39, 0.29) is 30.1 Å². The highest BCUT2D eigenvalue weighted by atomic mass is 35.5. The SMILES string of the molecule is COc1cc(F)cc(Cc2cccc([C@]3(C)CC(=O)N(C4CCOCC4)C(N)=N3)c2Cl)c1. The maximum absolute atomic E-state index is 13.9. The number of methoxy groups -OCH3 is 1. The molecule has 1 atom stereocenters.